The van der Waals surface area contributed by atoms with Crippen LogP contribution in [0.2, 0.25) is 0 Å². The van der Waals surface area contributed by atoms with E-state index >= 15 is 0 Å². The average Bonchev–Trinajstić information content (AvgIpc) is 3.28. The molecule has 0 saturated heterocycles. The van der Waals surface area contributed by atoms with Gasteiger partial charge < -0.3 is 14.9 Å². The number of aromatic nitrogens is 3. The minimum Gasteiger partial charge on any atom is -0.384 e. The number of hydrogen-bond donors (Lipinski definition) is 1. The lowest BCUT2D eigenvalue weighted by molar-refractivity contribution is 0.0739. The molecule has 1 amide bonds. The fourth-order valence-electron chi connectivity index (χ4n) is 3.20. The van der Waals surface area contributed by atoms with Crippen LogP contribution in [0.15, 0.2) is 60.9 Å². The Morgan fingerprint density at radius 2 is 1.87 bits per heavy atom. The number of rotatable bonds is 8. The molecule has 30 heavy (non-hydrogen) atoms. The zero-order valence-corrected chi connectivity index (χ0v) is 18.0. The summed E-state index contributed by atoms with van der Waals surface area (Å²) in [4.78, 5) is 21.6. The van der Waals surface area contributed by atoms with Crippen LogP contribution in [0.3, 0.4) is 0 Å². The molecule has 3 rings (SSSR count). The van der Waals surface area contributed by atoms with Gasteiger partial charge >= 0.3 is 0 Å². The Bertz CT molecular complexity index is 979. The van der Waals surface area contributed by atoms with Crippen molar-refractivity contribution in [3.8, 4) is 5.69 Å². The van der Waals surface area contributed by atoms with Crippen molar-refractivity contribution in [3.05, 3.63) is 72.2 Å². The second kappa shape index (κ2) is 9.09. The van der Waals surface area contributed by atoms with Crippen LogP contribution >= 0.6 is 0 Å². The Hall–Kier alpha value is -3.19. The number of pyridine rings is 1. The third kappa shape index (κ3) is 4.86. The Morgan fingerprint density at radius 1 is 1.10 bits per heavy atom. The van der Waals surface area contributed by atoms with E-state index in [9.17, 15) is 9.90 Å². The molecule has 2 heterocycles. The number of para-hydroxylation sites is 1. The van der Waals surface area contributed by atoms with E-state index in [0.29, 0.717) is 30.9 Å². The van der Waals surface area contributed by atoms with E-state index in [4.69, 9.17) is 0 Å². The Kier molecular flexibility index (Phi) is 6.52. The number of likely N-dealkylation sites (N-methyl/N-ethyl adjacent to an activating group) is 2. The lowest BCUT2D eigenvalue weighted by Crippen LogP contribution is -2.38. The maximum Gasteiger partial charge on any atom is 0.256 e. The molecule has 0 saturated carbocycles. The summed E-state index contributed by atoms with van der Waals surface area (Å²) in [6.07, 6.45) is 3.53. The zero-order chi connectivity index (χ0) is 21.7. The van der Waals surface area contributed by atoms with Crippen molar-refractivity contribution in [1.29, 1.82) is 0 Å². The fourth-order valence-corrected chi connectivity index (χ4v) is 3.20. The second-order valence-electron chi connectivity index (χ2n) is 7.71. The minimum absolute atomic E-state index is 0.0322. The van der Waals surface area contributed by atoms with Crippen LogP contribution in [-0.4, -0.2) is 57.4 Å². The van der Waals surface area contributed by atoms with Gasteiger partial charge in [0.2, 0.25) is 0 Å². The molecule has 2 aromatic heterocycles. The van der Waals surface area contributed by atoms with Gasteiger partial charge in [0.1, 0.15) is 11.4 Å². The number of anilines is 1. The van der Waals surface area contributed by atoms with E-state index in [0.717, 1.165) is 11.5 Å². The van der Waals surface area contributed by atoms with Crippen molar-refractivity contribution >= 4 is 11.7 Å². The molecule has 0 radical (unpaired) electrons. The smallest absolute Gasteiger partial charge is 0.256 e. The highest BCUT2D eigenvalue weighted by Crippen LogP contribution is 2.20. The standard InChI is InChI=1S/C23H29N5O2/c1-5-27(17-16-26(4)21-13-8-12-20(25-21)23(2,3)30)22(29)18-10-6-7-11-19(18)28-15-9-14-24-28/h6-15,30H,5,16-17H2,1-4H3. The van der Waals surface area contributed by atoms with Crippen LogP contribution < -0.4 is 4.90 Å². The Labute approximate surface area is 177 Å². The first-order chi connectivity index (χ1) is 14.3. The minimum atomic E-state index is -1.00. The maximum absolute atomic E-state index is 13.2. The molecule has 3 aromatic rings. The number of amides is 1. The lowest BCUT2D eigenvalue weighted by atomic mass is 10.1. The first-order valence-corrected chi connectivity index (χ1v) is 10.1. The van der Waals surface area contributed by atoms with Gasteiger partial charge in [-0.1, -0.05) is 18.2 Å². The molecule has 0 unspecified atom stereocenters. The summed E-state index contributed by atoms with van der Waals surface area (Å²) < 4.78 is 1.71. The molecule has 1 N–H and O–H groups in total. The summed E-state index contributed by atoms with van der Waals surface area (Å²) in [5.74, 6) is 0.727. The Balaban J connectivity index is 1.73. The summed E-state index contributed by atoms with van der Waals surface area (Å²) in [6.45, 7) is 7.17. The van der Waals surface area contributed by atoms with E-state index in [-0.39, 0.29) is 5.91 Å². The number of nitrogens with zero attached hydrogens (tertiary/aromatic N) is 5. The summed E-state index contributed by atoms with van der Waals surface area (Å²) in [6, 6.07) is 14.9. The van der Waals surface area contributed by atoms with Gasteiger partial charge in [0, 0.05) is 39.1 Å². The van der Waals surface area contributed by atoms with Crippen molar-refractivity contribution in [2.75, 3.05) is 31.6 Å². The Morgan fingerprint density at radius 3 is 2.53 bits per heavy atom. The molecule has 0 aliphatic carbocycles. The van der Waals surface area contributed by atoms with Gasteiger partial charge in [0.15, 0.2) is 0 Å². The van der Waals surface area contributed by atoms with Crippen molar-refractivity contribution in [2.45, 2.75) is 26.4 Å². The molecule has 158 valence electrons. The third-order valence-corrected chi connectivity index (χ3v) is 5.01. The van der Waals surface area contributed by atoms with Crippen LogP contribution in [0.4, 0.5) is 5.82 Å². The van der Waals surface area contributed by atoms with Crippen LogP contribution in [0.5, 0.6) is 0 Å². The first-order valence-electron chi connectivity index (χ1n) is 10.1. The molecule has 0 bridgehead atoms. The highest BCUT2D eigenvalue weighted by molar-refractivity contribution is 5.97. The third-order valence-electron chi connectivity index (χ3n) is 5.01. The van der Waals surface area contributed by atoms with Gasteiger partial charge in [-0.2, -0.15) is 5.10 Å². The summed E-state index contributed by atoms with van der Waals surface area (Å²) in [5.41, 5.74) is 0.994. The van der Waals surface area contributed by atoms with E-state index in [1.165, 1.54) is 0 Å². The molecular formula is C23H29N5O2. The second-order valence-corrected chi connectivity index (χ2v) is 7.71. The average molecular weight is 408 g/mol. The van der Waals surface area contributed by atoms with E-state index in [2.05, 4.69) is 10.1 Å². The number of hydrogen-bond acceptors (Lipinski definition) is 5. The van der Waals surface area contributed by atoms with Crippen molar-refractivity contribution < 1.29 is 9.90 Å². The molecule has 7 nitrogen and oxygen atoms in total. The van der Waals surface area contributed by atoms with Crippen molar-refractivity contribution in [1.82, 2.24) is 19.7 Å². The number of benzene rings is 1. The van der Waals surface area contributed by atoms with Gasteiger partial charge in [0.05, 0.1) is 16.9 Å². The highest BCUT2D eigenvalue weighted by Gasteiger charge is 2.21. The van der Waals surface area contributed by atoms with E-state index in [1.54, 1.807) is 24.7 Å². The lowest BCUT2D eigenvalue weighted by Gasteiger charge is -2.27. The van der Waals surface area contributed by atoms with E-state index in [1.807, 2.05) is 78.5 Å². The summed E-state index contributed by atoms with van der Waals surface area (Å²) in [7, 11) is 1.94. The van der Waals surface area contributed by atoms with Gasteiger partial charge in [0.25, 0.3) is 5.91 Å². The number of aliphatic hydroxyl groups is 1. The first kappa shape index (κ1) is 21.5. The molecule has 0 aliphatic heterocycles. The van der Waals surface area contributed by atoms with Crippen LogP contribution in [0.25, 0.3) is 5.69 Å². The summed E-state index contributed by atoms with van der Waals surface area (Å²) >= 11 is 0. The molecule has 1 aromatic carbocycles. The monoisotopic (exact) mass is 407 g/mol. The SMILES string of the molecule is CCN(CCN(C)c1cccc(C(C)(C)O)n1)C(=O)c1ccccc1-n1cccn1. The zero-order valence-electron chi connectivity index (χ0n) is 18.0. The van der Waals surface area contributed by atoms with Gasteiger partial charge in [-0.05, 0) is 51.1 Å². The maximum atomic E-state index is 13.2. The van der Waals surface area contributed by atoms with Gasteiger partial charge in [-0.3, -0.25) is 4.79 Å². The predicted molar refractivity (Wildman–Crippen MR) is 118 cm³/mol. The number of carbonyl (C=O) groups is 1. The van der Waals surface area contributed by atoms with Crippen LogP contribution in [0, 0.1) is 0 Å². The fraction of sp³-hybridized carbons (Fsp3) is 0.348. The molecule has 0 atom stereocenters. The van der Waals surface area contributed by atoms with Crippen LogP contribution in [-0.2, 0) is 5.60 Å². The quantitative estimate of drug-likeness (QED) is 0.621. The molecular weight excluding hydrogens is 378 g/mol. The molecule has 0 fully saturated rings. The predicted octanol–water partition coefficient (Wildman–Crippen LogP) is 3.09. The highest BCUT2D eigenvalue weighted by atomic mass is 16.3. The largest absolute Gasteiger partial charge is 0.384 e. The summed E-state index contributed by atoms with van der Waals surface area (Å²) in [5, 5.41) is 14.5. The van der Waals surface area contributed by atoms with Crippen LogP contribution in [0.1, 0.15) is 36.8 Å². The number of carbonyl (C=O) groups excluding carboxylic acids is 1. The van der Waals surface area contributed by atoms with Gasteiger partial charge in [-0.15, -0.1) is 0 Å². The molecule has 0 aliphatic rings. The normalized spacial score (nSPS) is 11.4. The topological polar surface area (TPSA) is 74.5 Å². The van der Waals surface area contributed by atoms with Gasteiger partial charge in [-0.25, -0.2) is 9.67 Å². The molecule has 7 heteroatoms. The van der Waals surface area contributed by atoms with Crippen molar-refractivity contribution in [3.63, 3.8) is 0 Å². The van der Waals surface area contributed by atoms with Crippen molar-refractivity contribution in [2.24, 2.45) is 0 Å². The molecule has 0 spiro atoms. The van der Waals surface area contributed by atoms with E-state index < -0.39 is 5.60 Å².